The van der Waals surface area contributed by atoms with E-state index < -0.39 is 23.6 Å². The molecule has 2 amide bonds. The number of anilines is 2. The van der Waals surface area contributed by atoms with Gasteiger partial charge in [-0.3, -0.25) is 14.6 Å². The van der Waals surface area contributed by atoms with Gasteiger partial charge in [0.1, 0.15) is 23.4 Å². The van der Waals surface area contributed by atoms with Crippen LogP contribution in [0.3, 0.4) is 0 Å². The van der Waals surface area contributed by atoms with E-state index in [9.17, 15) is 22.8 Å². The van der Waals surface area contributed by atoms with Crippen LogP contribution in [0.2, 0.25) is 0 Å². The number of aromatic nitrogens is 6. The number of carbonyl (C=O) groups excluding carboxylic acids is 2. The number of hydrogen-bond acceptors (Lipinski definition) is 9. The molecule has 0 spiro atoms. The van der Waals surface area contributed by atoms with Crippen LogP contribution < -0.4 is 11.1 Å². The topological polar surface area (TPSA) is 154 Å². The van der Waals surface area contributed by atoms with Crippen molar-refractivity contribution in [1.82, 2.24) is 34.6 Å². The molecule has 1 unspecified atom stereocenters. The van der Waals surface area contributed by atoms with Crippen LogP contribution in [0.15, 0.2) is 43.1 Å². The molecule has 1 aliphatic heterocycles. The van der Waals surface area contributed by atoms with Crippen LogP contribution in [0.1, 0.15) is 48.1 Å². The molecule has 0 radical (unpaired) electrons. The monoisotopic (exact) mass is 569 g/mol. The van der Waals surface area contributed by atoms with E-state index in [1.807, 2.05) is 0 Å². The van der Waals surface area contributed by atoms with E-state index in [4.69, 9.17) is 10.5 Å². The summed E-state index contributed by atoms with van der Waals surface area (Å²) in [6.45, 7) is 1.58. The van der Waals surface area contributed by atoms with Gasteiger partial charge in [-0.25, -0.2) is 19.6 Å². The summed E-state index contributed by atoms with van der Waals surface area (Å²) in [5, 5.41) is 7.56. The van der Waals surface area contributed by atoms with Crippen molar-refractivity contribution in [3.8, 4) is 0 Å². The Morgan fingerprint density at radius 3 is 2.61 bits per heavy atom. The Kier molecular flexibility index (Phi) is 7.79. The molecule has 0 aromatic carbocycles. The number of fused-ring (bicyclic) bond motifs is 1. The molecule has 214 valence electrons. The Bertz CT molecular complexity index is 1570. The van der Waals surface area contributed by atoms with E-state index in [1.165, 1.54) is 25.5 Å². The van der Waals surface area contributed by atoms with Crippen LogP contribution in [0.4, 0.5) is 24.7 Å². The largest absolute Gasteiger partial charge is 0.417 e. The van der Waals surface area contributed by atoms with Crippen LogP contribution in [0, 0.1) is 6.92 Å². The number of nitrogens with two attached hydrogens (primary N) is 1. The second kappa shape index (κ2) is 11.4. The van der Waals surface area contributed by atoms with E-state index in [0.717, 1.165) is 30.2 Å². The van der Waals surface area contributed by atoms with Crippen molar-refractivity contribution in [2.45, 2.75) is 51.7 Å². The number of nitrogens with zero attached hydrogens (tertiary/aromatic N) is 7. The van der Waals surface area contributed by atoms with Crippen molar-refractivity contribution >= 4 is 34.2 Å². The molecule has 3 N–H and O–H groups in total. The van der Waals surface area contributed by atoms with Gasteiger partial charge < -0.3 is 20.7 Å². The third-order valence-corrected chi connectivity index (χ3v) is 6.58. The van der Waals surface area contributed by atoms with Gasteiger partial charge in [-0.15, -0.1) is 0 Å². The number of halogens is 3. The van der Waals surface area contributed by atoms with Gasteiger partial charge in [0.25, 0.3) is 0 Å². The Morgan fingerprint density at radius 1 is 1.15 bits per heavy atom. The zero-order chi connectivity index (χ0) is 29.1. The molecule has 0 bridgehead atoms. The van der Waals surface area contributed by atoms with Crippen LogP contribution in [0.5, 0.6) is 0 Å². The number of pyridine rings is 2. The Balaban J connectivity index is 1.41. The molecule has 12 nitrogen and oxygen atoms in total. The number of amides is 2. The second-order valence-electron chi connectivity index (χ2n) is 9.52. The highest BCUT2D eigenvalue weighted by Crippen LogP contribution is 2.31. The summed E-state index contributed by atoms with van der Waals surface area (Å²) in [6, 6.07) is 2.52. The number of alkyl halides is 3. The summed E-state index contributed by atoms with van der Waals surface area (Å²) in [4.78, 5) is 44.0. The summed E-state index contributed by atoms with van der Waals surface area (Å²) < 4.78 is 46.8. The minimum absolute atomic E-state index is 0.154. The Morgan fingerprint density at radius 2 is 1.93 bits per heavy atom. The summed E-state index contributed by atoms with van der Waals surface area (Å²) in [5.74, 6) is -1.60. The second-order valence-corrected chi connectivity index (χ2v) is 9.52. The number of ether oxygens (including phenoxy) is 1. The molecule has 15 heteroatoms. The van der Waals surface area contributed by atoms with E-state index in [1.54, 1.807) is 16.9 Å². The first kappa shape index (κ1) is 27.9. The molecular weight excluding hydrogens is 543 g/mol. The first-order valence-electron chi connectivity index (χ1n) is 12.7. The number of rotatable bonds is 6. The van der Waals surface area contributed by atoms with Gasteiger partial charge in [-0.2, -0.15) is 18.3 Å². The fourth-order valence-corrected chi connectivity index (χ4v) is 4.42. The maximum atomic E-state index is 13.4. The maximum absolute atomic E-state index is 13.4. The lowest BCUT2D eigenvalue weighted by Crippen LogP contribution is -2.39. The minimum atomic E-state index is -4.57. The minimum Gasteiger partial charge on any atom is -0.383 e. The summed E-state index contributed by atoms with van der Waals surface area (Å²) >= 11 is 0. The van der Waals surface area contributed by atoms with E-state index in [-0.39, 0.29) is 47.9 Å². The highest BCUT2D eigenvalue weighted by Gasteiger charge is 2.32. The quantitative estimate of drug-likeness (QED) is 0.333. The van der Waals surface area contributed by atoms with Crippen molar-refractivity contribution in [3.63, 3.8) is 0 Å². The molecule has 0 saturated carbocycles. The van der Waals surface area contributed by atoms with E-state index in [0.29, 0.717) is 23.7 Å². The fraction of sp³-hybridized carbons (Fsp3) is 0.346. The van der Waals surface area contributed by atoms with Gasteiger partial charge in [0, 0.05) is 31.4 Å². The predicted molar refractivity (Wildman–Crippen MR) is 140 cm³/mol. The zero-order valence-electron chi connectivity index (χ0n) is 21.9. The summed E-state index contributed by atoms with van der Waals surface area (Å²) in [7, 11) is 0. The first-order chi connectivity index (χ1) is 19.6. The van der Waals surface area contributed by atoms with Gasteiger partial charge >= 0.3 is 18.0 Å². The standard InChI is InChI=1S/C26H26F3N9O3/c1-15-9-16(26(27,28)29)10-33-19(15)13-37(14-20-31-6-4-7-32-20)25(40)24(39)35-18-11-34-23(30)17-12-38(36-22(17)18)21-5-2-3-8-41-21/h4,6-7,9-12,21H,2-3,5,8,13-14H2,1H3,(H2,30,34)(H,35,39). The third-order valence-electron chi connectivity index (χ3n) is 6.58. The first-order valence-corrected chi connectivity index (χ1v) is 12.7. The lowest BCUT2D eigenvalue weighted by atomic mass is 10.1. The van der Waals surface area contributed by atoms with Crippen molar-refractivity contribution in [2.24, 2.45) is 0 Å². The molecule has 4 aromatic heterocycles. The lowest BCUT2D eigenvalue weighted by Gasteiger charge is -2.22. The molecule has 0 aliphatic carbocycles. The van der Waals surface area contributed by atoms with E-state index >= 15 is 0 Å². The fourth-order valence-electron chi connectivity index (χ4n) is 4.42. The highest BCUT2D eigenvalue weighted by atomic mass is 19.4. The van der Waals surface area contributed by atoms with Crippen LogP contribution in [-0.2, 0) is 33.6 Å². The Hall–Kier alpha value is -4.66. The van der Waals surface area contributed by atoms with Gasteiger partial charge in [0.2, 0.25) is 0 Å². The lowest BCUT2D eigenvalue weighted by molar-refractivity contribution is -0.144. The molecule has 41 heavy (non-hydrogen) atoms. The molecule has 4 aromatic rings. The Labute approximate surface area is 231 Å². The van der Waals surface area contributed by atoms with E-state index in [2.05, 4.69) is 30.4 Å². The summed E-state index contributed by atoms with van der Waals surface area (Å²) in [6.07, 6.45) is 4.43. The molecule has 1 aliphatic rings. The predicted octanol–water partition coefficient (Wildman–Crippen LogP) is 3.39. The smallest absolute Gasteiger partial charge is 0.383 e. The van der Waals surface area contributed by atoms with Crippen molar-refractivity contribution in [3.05, 3.63) is 65.8 Å². The van der Waals surface area contributed by atoms with Gasteiger partial charge in [-0.1, -0.05) is 0 Å². The zero-order valence-corrected chi connectivity index (χ0v) is 21.9. The van der Waals surface area contributed by atoms with Crippen molar-refractivity contribution in [1.29, 1.82) is 0 Å². The van der Waals surface area contributed by atoms with Crippen LogP contribution >= 0.6 is 0 Å². The van der Waals surface area contributed by atoms with Crippen LogP contribution in [0.25, 0.3) is 10.9 Å². The molecule has 1 saturated heterocycles. The molecule has 5 rings (SSSR count). The van der Waals surface area contributed by atoms with Gasteiger partial charge in [-0.05, 0) is 43.9 Å². The average molecular weight is 570 g/mol. The number of aryl methyl sites for hydroxylation is 1. The molecule has 5 heterocycles. The molecular formula is C26H26F3N9O3. The number of nitrogen functional groups attached to an aromatic ring is 1. The van der Waals surface area contributed by atoms with Crippen LogP contribution in [-0.4, -0.2) is 53.0 Å². The van der Waals surface area contributed by atoms with Crippen molar-refractivity contribution in [2.75, 3.05) is 17.7 Å². The van der Waals surface area contributed by atoms with Gasteiger partial charge in [0.15, 0.2) is 0 Å². The third kappa shape index (κ3) is 6.24. The number of nitrogens with one attached hydrogen (secondary N) is 1. The SMILES string of the molecule is Cc1cc(C(F)(F)F)cnc1CN(Cc1ncccn1)C(=O)C(=O)Nc1cnc(N)c2cn(C3CCCCO3)nc12. The molecule has 1 atom stereocenters. The normalized spacial score (nSPS) is 15.6. The van der Waals surface area contributed by atoms with Crippen molar-refractivity contribution < 1.29 is 27.5 Å². The number of carbonyl (C=O) groups is 2. The highest BCUT2D eigenvalue weighted by molar-refractivity contribution is 6.40. The molecule has 1 fully saturated rings. The van der Waals surface area contributed by atoms with Gasteiger partial charge in [0.05, 0.1) is 41.6 Å². The average Bonchev–Trinajstić information content (AvgIpc) is 3.42. The number of hydrogen-bond donors (Lipinski definition) is 2. The summed E-state index contributed by atoms with van der Waals surface area (Å²) in [5.41, 5.74) is 5.99. The maximum Gasteiger partial charge on any atom is 0.417 e.